The molecular formula is C15H19N3OS. The Bertz CT molecular complexity index is 563. The van der Waals surface area contributed by atoms with E-state index in [4.69, 9.17) is 0 Å². The molecule has 2 heterocycles. The second kappa shape index (κ2) is 7.05. The Morgan fingerprint density at radius 1 is 1.35 bits per heavy atom. The molecule has 106 valence electrons. The molecule has 0 aliphatic carbocycles. The SMILES string of the molecule is CCCNc1ccc(C(=O)NCc2sccc2C)nc1. The van der Waals surface area contributed by atoms with E-state index in [2.05, 4.69) is 28.6 Å². The molecule has 0 saturated heterocycles. The van der Waals surface area contributed by atoms with Crippen LogP contribution < -0.4 is 10.6 Å². The average molecular weight is 289 g/mol. The molecule has 2 N–H and O–H groups in total. The van der Waals surface area contributed by atoms with Crippen molar-refractivity contribution in [2.45, 2.75) is 26.8 Å². The minimum Gasteiger partial charge on any atom is -0.384 e. The fourth-order valence-electron chi connectivity index (χ4n) is 1.74. The van der Waals surface area contributed by atoms with Gasteiger partial charge in [0.05, 0.1) is 18.4 Å². The standard InChI is InChI=1S/C15H19N3OS/c1-3-7-16-12-4-5-13(17-9-12)15(19)18-10-14-11(2)6-8-20-14/h4-6,8-9,16H,3,7,10H2,1-2H3,(H,18,19). The summed E-state index contributed by atoms with van der Waals surface area (Å²) in [5.41, 5.74) is 2.60. The van der Waals surface area contributed by atoms with E-state index in [1.165, 1.54) is 10.4 Å². The minimum atomic E-state index is -0.139. The first-order valence-electron chi connectivity index (χ1n) is 6.71. The Morgan fingerprint density at radius 3 is 2.80 bits per heavy atom. The van der Waals surface area contributed by atoms with Gasteiger partial charge in [-0.15, -0.1) is 11.3 Å². The zero-order chi connectivity index (χ0) is 14.4. The Morgan fingerprint density at radius 2 is 2.20 bits per heavy atom. The molecule has 0 atom stereocenters. The van der Waals surface area contributed by atoms with Gasteiger partial charge in [0, 0.05) is 11.4 Å². The van der Waals surface area contributed by atoms with E-state index in [9.17, 15) is 4.79 Å². The lowest BCUT2D eigenvalue weighted by atomic mass is 10.3. The second-order valence-corrected chi connectivity index (χ2v) is 5.57. The molecular weight excluding hydrogens is 270 g/mol. The molecule has 0 bridgehead atoms. The first-order chi connectivity index (χ1) is 9.70. The van der Waals surface area contributed by atoms with Crippen molar-refractivity contribution in [2.24, 2.45) is 0 Å². The van der Waals surface area contributed by atoms with Crippen molar-refractivity contribution in [1.29, 1.82) is 0 Å². The highest BCUT2D eigenvalue weighted by Gasteiger charge is 2.08. The van der Waals surface area contributed by atoms with Crippen LogP contribution in [0.2, 0.25) is 0 Å². The van der Waals surface area contributed by atoms with Crippen LogP contribution in [0.4, 0.5) is 5.69 Å². The van der Waals surface area contributed by atoms with Crippen LogP contribution in [0, 0.1) is 6.92 Å². The van der Waals surface area contributed by atoms with Gasteiger partial charge in [-0.3, -0.25) is 4.79 Å². The number of anilines is 1. The molecule has 0 radical (unpaired) electrons. The number of rotatable bonds is 6. The highest BCUT2D eigenvalue weighted by Crippen LogP contribution is 2.15. The Labute approximate surface area is 123 Å². The maximum Gasteiger partial charge on any atom is 0.270 e. The second-order valence-electron chi connectivity index (χ2n) is 4.57. The number of hydrogen-bond donors (Lipinski definition) is 2. The van der Waals surface area contributed by atoms with Gasteiger partial charge in [-0.2, -0.15) is 0 Å². The van der Waals surface area contributed by atoms with Crippen LogP contribution in [-0.2, 0) is 6.54 Å². The summed E-state index contributed by atoms with van der Waals surface area (Å²) in [7, 11) is 0. The average Bonchev–Trinajstić information content (AvgIpc) is 2.88. The molecule has 0 aliphatic heterocycles. The number of carbonyl (C=O) groups is 1. The molecule has 4 nitrogen and oxygen atoms in total. The van der Waals surface area contributed by atoms with Crippen LogP contribution >= 0.6 is 11.3 Å². The lowest BCUT2D eigenvalue weighted by Crippen LogP contribution is -2.23. The number of thiophene rings is 1. The van der Waals surface area contributed by atoms with Crippen molar-refractivity contribution in [3.8, 4) is 0 Å². The van der Waals surface area contributed by atoms with Crippen molar-refractivity contribution >= 4 is 22.9 Å². The summed E-state index contributed by atoms with van der Waals surface area (Å²) >= 11 is 1.65. The highest BCUT2D eigenvalue weighted by molar-refractivity contribution is 7.10. The van der Waals surface area contributed by atoms with Crippen LogP contribution in [0.5, 0.6) is 0 Å². The molecule has 0 fully saturated rings. The van der Waals surface area contributed by atoms with E-state index < -0.39 is 0 Å². The lowest BCUT2D eigenvalue weighted by molar-refractivity contribution is 0.0946. The topological polar surface area (TPSA) is 54.0 Å². The van der Waals surface area contributed by atoms with Gasteiger partial charge in [-0.25, -0.2) is 4.98 Å². The van der Waals surface area contributed by atoms with Crippen LogP contribution in [0.1, 0.15) is 34.3 Å². The molecule has 0 aromatic carbocycles. The fourth-order valence-corrected chi connectivity index (χ4v) is 2.58. The zero-order valence-electron chi connectivity index (χ0n) is 11.8. The van der Waals surface area contributed by atoms with E-state index in [1.54, 1.807) is 23.6 Å². The third kappa shape index (κ3) is 3.81. The Kier molecular flexibility index (Phi) is 5.12. The van der Waals surface area contributed by atoms with Gasteiger partial charge in [0.2, 0.25) is 0 Å². The zero-order valence-corrected chi connectivity index (χ0v) is 12.6. The Balaban J connectivity index is 1.90. The smallest absolute Gasteiger partial charge is 0.270 e. The van der Waals surface area contributed by atoms with Crippen molar-refractivity contribution in [3.05, 3.63) is 45.9 Å². The van der Waals surface area contributed by atoms with E-state index in [1.807, 2.05) is 18.4 Å². The largest absolute Gasteiger partial charge is 0.384 e. The molecule has 2 aromatic rings. The minimum absolute atomic E-state index is 0.139. The van der Waals surface area contributed by atoms with E-state index >= 15 is 0 Å². The number of nitrogens with zero attached hydrogens (tertiary/aromatic N) is 1. The number of carbonyl (C=O) groups excluding carboxylic acids is 1. The highest BCUT2D eigenvalue weighted by atomic mass is 32.1. The number of nitrogens with one attached hydrogen (secondary N) is 2. The molecule has 0 unspecified atom stereocenters. The number of hydrogen-bond acceptors (Lipinski definition) is 4. The first kappa shape index (κ1) is 14.5. The molecule has 2 aromatic heterocycles. The predicted molar refractivity (Wildman–Crippen MR) is 83.2 cm³/mol. The number of aromatic nitrogens is 1. The van der Waals surface area contributed by atoms with Gasteiger partial charge in [-0.05, 0) is 42.5 Å². The first-order valence-corrected chi connectivity index (χ1v) is 7.59. The third-order valence-electron chi connectivity index (χ3n) is 2.95. The van der Waals surface area contributed by atoms with Crippen molar-refractivity contribution < 1.29 is 4.79 Å². The maximum absolute atomic E-state index is 12.0. The van der Waals surface area contributed by atoms with Gasteiger partial charge in [0.1, 0.15) is 5.69 Å². The molecule has 0 saturated carbocycles. The maximum atomic E-state index is 12.0. The van der Waals surface area contributed by atoms with Gasteiger partial charge < -0.3 is 10.6 Å². The third-order valence-corrected chi connectivity index (χ3v) is 3.98. The summed E-state index contributed by atoms with van der Waals surface area (Å²) in [5, 5.41) is 8.15. The van der Waals surface area contributed by atoms with Crippen molar-refractivity contribution in [1.82, 2.24) is 10.3 Å². The molecule has 5 heteroatoms. The molecule has 2 rings (SSSR count). The van der Waals surface area contributed by atoms with Gasteiger partial charge >= 0.3 is 0 Å². The van der Waals surface area contributed by atoms with Gasteiger partial charge in [-0.1, -0.05) is 6.92 Å². The van der Waals surface area contributed by atoms with Crippen LogP contribution in [0.25, 0.3) is 0 Å². The molecule has 1 amide bonds. The number of amides is 1. The Hall–Kier alpha value is -1.88. The lowest BCUT2D eigenvalue weighted by Gasteiger charge is -2.06. The quantitative estimate of drug-likeness (QED) is 0.858. The van der Waals surface area contributed by atoms with Gasteiger partial charge in [0.25, 0.3) is 5.91 Å². The van der Waals surface area contributed by atoms with Crippen LogP contribution in [-0.4, -0.2) is 17.4 Å². The van der Waals surface area contributed by atoms with E-state index in [0.29, 0.717) is 12.2 Å². The van der Waals surface area contributed by atoms with E-state index in [0.717, 1.165) is 18.7 Å². The van der Waals surface area contributed by atoms with Crippen LogP contribution in [0.3, 0.4) is 0 Å². The van der Waals surface area contributed by atoms with Gasteiger partial charge in [0.15, 0.2) is 0 Å². The van der Waals surface area contributed by atoms with Crippen molar-refractivity contribution in [2.75, 3.05) is 11.9 Å². The summed E-state index contributed by atoms with van der Waals surface area (Å²) in [5.74, 6) is -0.139. The summed E-state index contributed by atoms with van der Waals surface area (Å²) in [6.45, 7) is 5.62. The molecule has 0 aliphatic rings. The summed E-state index contributed by atoms with van der Waals surface area (Å²) in [4.78, 5) is 17.4. The predicted octanol–water partition coefficient (Wildman–Crippen LogP) is 3.20. The number of pyridine rings is 1. The van der Waals surface area contributed by atoms with Crippen LogP contribution in [0.15, 0.2) is 29.8 Å². The molecule has 0 spiro atoms. The van der Waals surface area contributed by atoms with E-state index in [-0.39, 0.29) is 5.91 Å². The summed E-state index contributed by atoms with van der Waals surface area (Å²) in [6, 6.07) is 5.68. The van der Waals surface area contributed by atoms with Crippen molar-refractivity contribution in [3.63, 3.8) is 0 Å². The monoisotopic (exact) mass is 289 g/mol. The normalized spacial score (nSPS) is 10.3. The number of aryl methyl sites for hydroxylation is 1. The fraction of sp³-hybridized carbons (Fsp3) is 0.333. The summed E-state index contributed by atoms with van der Waals surface area (Å²) in [6.07, 6.45) is 2.75. The molecule has 20 heavy (non-hydrogen) atoms. The summed E-state index contributed by atoms with van der Waals surface area (Å²) < 4.78 is 0.